The summed E-state index contributed by atoms with van der Waals surface area (Å²) in [5, 5.41) is 9.48. The summed E-state index contributed by atoms with van der Waals surface area (Å²) in [4.78, 5) is -0.163. The molecule has 9 nitrogen and oxygen atoms in total. The molecule has 1 saturated heterocycles. The minimum Gasteiger partial charge on any atom is -0.495 e. The molecule has 0 spiro atoms. The average Bonchev–Trinajstić information content (AvgIpc) is 3.10. The zero-order chi connectivity index (χ0) is 19.6. The van der Waals surface area contributed by atoms with Crippen LogP contribution in [0.25, 0.3) is 0 Å². The summed E-state index contributed by atoms with van der Waals surface area (Å²) in [6, 6.07) is 5.90. The van der Waals surface area contributed by atoms with Gasteiger partial charge in [-0.25, -0.2) is 16.8 Å². The molecule has 0 aromatic heterocycles. The Morgan fingerprint density at radius 3 is 2.58 bits per heavy atom. The number of ether oxygens (including phenoxy) is 2. The molecule has 26 heavy (non-hydrogen) atoms. The maximum Gasteiger partial charge on any atom is 0.248 e. The van der Waals surface area contributed by atoms with Gasteiger partial charge in [-0.3, -0.25) is 4.72 Å². The highest BCUT2D eigenvalue weighted by atomic mass is 32.2. The van der Waals surface area contributed by atoms with Gasteiger partial charge < -0.3 is 9.47 Å². The van der Waals surface area contributed by atoms with Crippen molar-refractivity contribution in [2.75, 3.05) is 37.8 Å². The summed E-state index contributed by atoms with van der Waals surface area (Å²) in [5.41, 5.74) is -1.10. The van der Waals surface area contributed by atoms with E-state index in [1.165, 1.54) is 39.3 Å². The molecule has 1 fully saturated rings. The maximum atomic E-state index is 13.0. The normalized spacial score (nSPS) is 20.7. The van der Waals surface area contributed by atoms with Gasteiger partial charge in [0.05, 0.1) is 31.2 Å². The summed E-state index contributed by atoms with van der Waals surface area (Å²) >= 11 is 0. The second-order valence-corrected chi connectivity index (χ2v) is 9.74. The number of methoxy groups -OCH3 is 1. The number of nitrogens with zero attached hydrogens (tertiary/aromatic N) is 2. The van der Waals surface area contributed by atoms with Crippen molar-refractivity contribution >= 4 is 25.7 Å². The van der Waals surface area contributed by atoms with Crippen molar-refractivity contribution in [2.45, 2.75) is 23.8 Å². The lowest BCUT2D eigenvalue weighted by atomic mass is 10.0. The van der Waals surface area contributed by atoms with Crippen LogP contribution in [-0.2, 0) is 24.8 Å². The summed E-state index contributed by atoms with van der Waals surface area (Å²) in [6.45, 7) is 1.76. The fraction of sp³-hybridized carbons (Fsp3) is 0.533. The van der Waals surface area contributed by atoms with E-state index in [4.69, 9.17) is 9.47 Å². The van der Waals surface area contributed by atoms with E-state index in [0.29, 0.717) is 6.61 Å². The van der Waals surface area contributed by atoms with Crippen molar-refractivity contribution < 1.29 is 26.3 Å². The van der Waals surface area contributed by atoms with Crippen molar-refractivity contribution in [3.8, 4) is 11.8 Å². The number of nitrogens with one attached hydrogen (secondary N) is 1. The number of anilines is 1. The fourth-order valence-electron chi connectivity index (χ4n) is 2.53. The Bertz CT molecular complexity index is 915. The van der Waals surface area contributed by atoms with Gasteiger partial charge in [0.2, 0.25) is 20.0 Å². The third-order valence-corrected chi connectivity index (χ3v) is 7.54. The van der Waals surface area contributed by atoms with E-state index in [-0.39, 0.29) is 35.1 Å². The largest absolute Gasteiger partial charge is 0.495 e. The monoisotopic (exact) mass is 403 g/mol. The Kier molecular flexibility index (Phi) is 5.82. The van der Waals surface area contributed by atoms with Crippen LogP contribution in [0, 0.1) is 11.3 Å². The first kappa shape index (κ1) is 20.4. The fourth-order valence-corrected chi connectivity index (χ4v) is 4.74. The molecule has 1 unspecified atom stereocenters. The standard InChI is InChI=1S/C15H21N3O6S2/c1-4-25(19,20)17-12-5-6-14(13(9-12)23-3)26(21,22)18(2)15(10-16)7-8-24-11-15/h5-6,9,17H,4,7-8,11H2,1-3H3. The molecule has 1 atom stereocenters. The molecule has 1 aromatic carbocycles. The van der Waals surface area contributed by atoms with Gasteiger partial charge >= 0.3 is 0 Å². The predicted molar refractivity (Wildman–Crippen MR) is 94.8 cm³/mol. The molecule has 144 valence electrons. The quantitative estimate of drug-likeness (QED) is 0.712. The van der Waals surface area contributed by atoms with E-state index in [0.717, 1.165) is 4.31 Å². The summed E-state index contributed by atoms with van der Waals surface area (Å²) in [6.07, 6.45) is 0.260. The topological polar surface area (TPSA) is 126 Å². The highest BCUT2D eigenvalue weighted by molar-refractivity contribution is 7.92. The van der Waals surface area contributed by atoms with Gasteiger partial charge in [0.1, 0.15) is 16.2 Å². The lowest BCUT2D eigenvalue weighted by molar-refractivity contribution is 0.162. The molecule has 1 N–H and O–H groups in total. The average molecular weight is 403 g/mol. The molecule has 11 heteroatoms. The van der Waals surface area contributed by atoms with Gasteiger partial charge in [0, 0.05) is 26.1 Å². The summed E-state index contributed by atoms with van der Waals surface area (Å²) in [5.74, 6) is -0.150. The first-order valence-corrected chi connectivity index (χ1v) is 10.9. The van der Waals surface area contributed by atoms with Crippen LogP contribution in [0.1, 0.15) is 13.3 Å². The van der Waals surface area contributed by atoms with Crippen LogP contribution < -0.4 is 9.46 Å². The van der Waals surface area contributed by atoms with Crippen LogP contribution in [0.15, 0.2) is 23.1 Å². The number of hydrogen-bond donors (Lipinski definition) is 1. The number of sulfonamides is 2. The van der Waals surface area contributed by atoms with E-state index in [1.807, 2.05) is 6.07 Å². The van der Waals surface area contributed by atoms with Crippen molar-refractivity contribution in [1.82, 2.24) is 4.31 Å². The number of hydrogen-bond acceptors (Lipinski definition) is 7. The Balaban J connectivity index is 2.45. The third-order valence-electron chi connectivity index (χ3n) is 4.27. The van der Waals surface area contributed by atoms with Crippen molar-refractivity contribution in [2.24, 2.45) is 0 Å². The molecule has 0 aliphatic carbocycles. The smallest absolute Gasteiger partial charge is 0.248 e. The molecular formula is C15H21N3O6S2. The van der Waals surface area contributed by atoms with E-state index >= 15 is 0 Å². The lowest BCUT2D eigenvalue weighted by Crippen LogP contribution is -2.49. The molecule has 0 amide bonds. The first-order valence-electron chi connectivity index (χ1n) is 7.78. The number of rotatable bonds is 7. The molecule has 0 radical (unpaired) electrons. The van der Waals surface area contributed by atoms with E-state index in [9.17, 15) is 22.1 Å². The van der Waals surface area contributed by atoms with Crippen LogP contribution in [0.4, 0.5) is 5.69 Å². The van der Waals surface area contributed by atoms with Crippen LogP contribution in [0.2, 0.25) is 0 Å². The van der Waals surface area contributed by atoms with E-state index in [1.54, 1.807) is 0 Å². The Hall–Kier alpha value is -1.87. The third kappa shape index (κ3) is 3.78. The highest BCUT2D eigenvalue weighted by Gasteiger charge is 2.46. The predicted octanol–water partition coefficient (Wildman–Crippen LogP) is 0.760. The number of nitriles is 1. The summed E-state index contributed by atoms with van der Waals surface area (Å²) in [7, 11) is -4.98. The van der Waals surface area contributed by atoms with Crippen LogP contribution in [0.3, 0.4) is 0 Å². The van der Waals surface area contributed by atoms with Gasteiger partial charge in [0.15, 0.2) is 0 Å². The summed E-state index contributed by atoms with van der Waals surface area (Å²) < 4.78 is 63.1. The van der Waals surface area contributed by atoms with Crippen LogP contribution >= 0.6 is 0 Å². The van der Waals surface area contributed by atoms with Gasteiger partial charge in [-0.1, -0.05) is 0 Å². The van der Waals surface area contributed by atoms with Crippen LogP contribution in [-0.4, -0.2) is 59.8 Å². The van der Waals surface area contributed by atoms with Crippen molar-refractivity contribution in [3.63, 3.8) is 0 Å². The van der Waals surface area contributed by atoms with Gasteiger partial charge in [-0.2, -0.15) is 9.57 Å². The van der Waals surface area contributed by atoms with Gasteiger partial charge in [0.25, 0.3) is 0 Å². The Morgan fingerprint density at radius 1 is 1.38 bits per heavy atom. The maximum absolute atomic E-state index is 13.0. The zero-order valence-electron chi connectivity index (χ0n) is 14.7. The Labute approximate surface area is 153 Å². The second kappa shape index (κ2) is 7.40. The second-order valence-electron chi connectivity index (χ2n) is 5.79. The number of likely N-dealkylation sites (N-methyl/N-ethyl adjacent to an activating group) is 1. The van der Waals surface area contributed by atoms with Crippen molar-refractivity contribution in [3.05, 3.63) is 18.2 Å². The van der Waals surface area contributed by atoms with E-state index in [2.05, 4.69) is 4.72 Å². The molecular weight excluding hydrogens is 382 g/mol. The van der Waals surface area contributed by atoms with Crippen LogP contribution in [0.5, 0.6) is 5.75 Å². The lowest BCUT2D eigenvalue weighted by Gasteiger charge is -2.30. The van der Waals surface area contributed by atoms with Gasteiger partial charge in [-0.15, -0.1) is 0 Å². The Morgan fingerprint density at radius 2 is 2.08 bits per heavy atom. The highest BCUT2D eigenvalue weighted by Crippen LogP contribution is 2.35. The van der Waals surface area contributed by atoms with Crippen molar-refractivity contribution in [1.29, 1.82) is 5.26 Å². The SMILES string of the molecule is CCS(=O)(=O)Nc1ccc(S(=O)(=O)N(C)C2(C#N)CCOC2)c(OC)c1. The van der Waals surface area contributed by atoms with Gasteiger partial charge in [-0.05, 0) is 19.1 Å². The molecule has 1 aliphatic rings. The molecule has 1 aromatic rings. The minimum atomic E-state index is -4.07. The zero-order valence-corrected chi connectivity index (χ0v) is 16.4. The molecule has 0 saturated carbocycles. The molecule has 2 rings (SSSR count). The molecule has 0 bridgehead atoms. The first-order chi connectivity index (χ1) is 12.1. The minimum absolute atomic E-state index is 0.0179. The molecule has 1 heterocycles. The van der Waals surface area contributed by atoms with E-state index < -0.39 is 25.6 Å². The number of benzene rings is 1. The molecule has 1 aliphatic heterocycles.